The Kier molecular flexibility index (Phi) is 5.20. The number of rotatable bonds is 3. The molecule has 3 saturated carbocycles. The number of carbonyl (C=O) groups is 4. The normalized spacial score (nSPS) is 40.8. The fraction of sp³-hybridized carbons (Fsp3) is 0.692. The Morgan fingerprint density at radius 1 is 1.19 bits per heavy atom. The highest BCUT2D eigenvalue weighted by molar-refractivity contribution is 6.02. The van der Waals surface area contributed by atoms with E-state index in [1.54, 1.807) is 32.9 Å². The van der Waals surface area contributed by atoms with Crippen LogP contribution in [0.15, 0.2) is 23.8 Å². The molecule has 0 saturated heterocycles. The molecule has 0 aromatic rings. The first kappa shape index (κ1) is 23.1. The van der Waals surface area contributed by atoms with Crippen LogP contribution in [0, 0.1) is 34.0 Å². The van der Waals surface area contributed by atoms with Gasteiger partial charge in [-0.1, -0.05) is 25.5 Å². The van der Waals surface area contributed by atoms with E-state index in [0.29, 0.717) is 6.42 Å². The lowest BCUT2D eigenvalue weighted by Gasteiger charge is -2.56. The summed E-state index contributed by atoms with van der Waals surface area (Å²) in [6, 6.07) is 0. The number of ether oxygens (including phenoxy) is 1. The highest BCUT2D eigenvalue weighted by Crippen LogP contribution is 2.66. The molecule has 4 aliphatic rings. The smallest absolute Gasteiger partial charge is 0.311 e. The number of allylic oxidation sites excluding steroid dienone is 4. The third kappa shape index (κ3) is 3.17. The van der Waals surface area contributed by atoms with Crippen molar-refractivity contribution in [1.29, 1.82) is 0 Å². The maximum atomic E-state index is 13.6. The van der Waals surface area contributed by atoms with E-state index in [4.69, 9.17) is 4.74 Å². The van der Waals surface area contributed by atoms with Crippen molar-refractivity contribution in [3.05, 3.63) is 23.8 Å². The quantitative estimate of drug-likeness (QED) is 0.673. The van der Waals surface area contributed by atoms with Gasteiger partial charge in [0.15, 0.2) is 12.4 Å². The lowest BCUT2D eigenvalue weighted by Crippen LogP contribution is -2.60. The number of aliphatic hydroxyl groups is 1. The van der Waals surface area contributed by atoms with Gasteiger partial charge in [0.25, 0.3) is 0 Å². The summed E-state index contributed by atoms with van der Waals surface area (Å²) in [5.74, 6) is -1.19. The van der Waals surface area contributed by atoms with Gasteiger partial charge >= 0.3 is 5.97 Å². The molecule has 174 valence electrons. The van der Waals surface area contributed by atoms with E-state index in [1.807, 2.05) is 19.9 Å². The lowest BCUT2D eigenvalue weighted by atomic mass is 9.46. The molecule has 0 aromatic heterocycles. The molecule has 1 N–H and O–H groups in total. The predicted molar refractivity (Wildman–Crippen MR) is 117 cm³/mol. The summed E-state index contributed by atoms with van der Waals surface area (Å²) in [6.07, 6.45) is 7.66. The largest absolute Gasteiger partial charge is 0.457 e. The molecule has 0 heterocycles. The minimum atomic E-state index is -1.69. The van der Waals surface area contributed by atoms with Crippen molar-refractivity contribution < 1.29 is 29.0 Å². The van der Waals surface area contributed by atoms with Crippen LogP contribution in [-0.2, 0) is 23.9 Å². The van der Waals surface area contributed by atoms with Gasteiger partial charge in [-0.3, -0.25) is 19.2 Å². The topological polar surface area (TPSA) is 97.7 Å². The van der Waals surface area contributed by atoms with Gasteiger partial charge in [-0.05, 0) is 70.4 Å². The molecular weight excluding hydrogens is 408 g/mol. The van der Waals surface area contributed by atoms with E-state index in [9.17, 15) is 24.3 Å². The first-order valence-electron chi connectivity index (χ1n) is 11.6. The Morgan fingerprint density at radius 3 is 2.53 bits per heavy atom. The molecule has 6 heteroatoms. The molecule has 6 nitrogen and oxygen atoms in total. The van der Waals surface area contributed by atoms with Gasteiger partial charge in [0.1, 0.15) is 11.4 Å². The first-order chi connectivity index (χ1) is 14.7. The minimum absolute atomic E-state index is 0.0156. The second-order valence-corrected chi connectivity index (χ2v) is 11.7. The number of fused-ring (bicyclic) bond motifs is 5. The standard InChI is InChI=1S/C26H34O6/c1-23(2,3)22(30)32-14-20(29)26(31)11-9-18-17-7-6-15-12-16(27)8-10-24(15,4)21(17)19(28)13-25(18,26)5/h8,10,12,17-18,21,31H,6-7,9,11,13-14H2,1-5H3. The molecule has 6 atom stereocenters. The van der Waals surface area contributed by atoms with Crippen molar-refractivity contribution in [3.63, 3.8) is 0 Å². The van der Waals surface area contributed by atoms with Gasteiger partial charge in [0.05, 0.1) is 5.41 Å². The Labute approximate surface area is 189 Å². The average Bonchev–Trinajstić information content (AvgIpc) is 2.97. The second kappa shape index (κ2) is 7.21. The van der Waals surface area contributed by atoms with Gasteiger partial charge in [0.2, 0.25) is 5.78 Å². The van der Waals surface area contributed by atoms with Crippen LogP contribution in [-0.4, -0.2) is 40.6 Å². The fourth-order valence-corrected chi connectivity index (χ4v) is 6.96. The van der Waals surface area contributed by atoms with Crippen LogP contribution in [0.5, 0.6) is 0 Å². The van der Waals surface area contributed by atoms with Crippen molar-refractivity contribution in [3.8, 4) is 0 Å². The van der Waals surface area contributed by atoms with E-state index < -0.39 is 40.2 Å². The number of esters is 1. The number of carbonyl (C=O) groups excluding carboxylic acids is 4. The van der Waals surface area contributed by atoms with Gasteiger partial charge in [0, 0.05) is 23.2 Å². The summed E-state index contributed by atoms with van der Waals surface area (Å²) in [5, 5.41) is 11.6. The molecule has 4 aliphatic carbocycles. The van der Waals surface area contributed by atoms with E-state index in [1.165, 1.54) is 0 Å². The number of ketones is 3. The third-order valence-corrected chi connectivity index (χ3v) is 8.82. The highest BCUT2D eigenvalue weighted by Gasteiger charge is 2.68. The van der Waals surface area contributed by atoms with Crippen molar-refractivity contribution in [2.45, 2.75) is 72.3 Å². The zero-order valence-electron chi connectivity index (χ0n) is 19.7. The Morgan fingerprint density at radius 2 is 1.88 bits per heavy atom. The van der Waals surface area contributed by atoms with E-state index >= 15 is 0 Å². The number of Topliss-reactive ketones (excluding diaryl/α,β-unsaturated/α-hetero) is 2. The fourth-order valence-electron chi connectivity index (χ4n) is 6.96. The molecule has 6 unspecified atom stereocenters. The zero-order valence-corrected chi connectivity index (χ0v) is 19.7. The van der Waals surface area contributed by atoms with Gasteiger partial charge < -0.3 is 9.84 Å². The zero-order chi connectivity index (χ0) is 23.7. The summed E-state index contributed by atoms with van der Waals surface area (Å²) in [7, 11) is 0. The molecule has 0 bridgehead atoms. The molecule has 0 radical (unpaired) electrons. The monoisotopic (exact) mass is 442 g/mol. The van der Waals surface area contributed by atoms with Crippen molar-refractivity contribution in [2.24, 2.45) is 34.0 Å². The Balaban J connectivity index is 1.60. The highest BCUT2D eigenvalue weighted by atomic mass is 16.5. The second-order valence-electron chi connectivity index (χ2n) is 11.7. The molecular formula is C26H34O6. The van der Waals surface area contributed by atoms with Crippen LogP contribution in [0.25, 0.3) is 0 Å². The third-order valence-electron chi connectivity index (χ3n) is 8.82. The molecule has 0 amide bonds. The molecule has 0 spiro atoms. The van der Waals surface area contributed by atoms with E-state index in [-0.39, 0.29) is 42.2 Å². The maximum Gasteiger partial charge on any atom is 0.311 e. The van der Waals surface area contributed by atoms with Crippen molar-refractivity contribution in [1.82, 2.24) is 0 Å². The summed E-state index contributed by atoms with van der Waals surface area (Å²) in [5.41, 5.74) is -2.78. The van der Waals surface area contributed by atoms with Crippen LogP contribution >= 0.6 is 0 Å². The van der Waals surface area contributed by atoms with Gasteiger partial charge in [-0.15, -0.1) is 0 Å². The molecule has 32 heavy (non-hydrogen) atoms. The summed E-state index contributed by atoms with van der Waals surface area (Å²) < 4.78 is 5.22. The maximum absolute atomic E-state index is 13.6. The number of hydrogen-bond donors (Lipinski definition) is 1. The van der Waals surface area contributed by atoms with Crippen LogP contribution < -0.4 is 0 Å². The van der Waals surface area contributed by atoms with Gasteiger partial charge in [-0.2, -0.15) is 0 Å². The van der Waals surface area contributed by atoms with Crippen LogP contribution in [0.1, 0.15) is 66.7 Å². The average molecular weight is 443 g/mol. The lowest BCUT2D eigenvalue weighted by molar-refractivity contribution is -0.174. The van der Waals surface area contributed by atoms with E-state index in [2.05, 4.69) is 0 Å². The van der Waals surface area contributed by atoms with Crippen molar-refractivity contribution >= 4 is 23.3 Å². The molecule has 0 aliphatic heterocycles. The van der Waals surface area contributed by atoms with Crippen LogP contribution in [0.3, 0.4) is 0 Å². The molecule has 0 aromatic carbocycles. The first-order valence-corrected chi connectivity index (χ1v) is 11.6. The summed E-state index contributed by atoms with van der Waals surface area (Å²) >= 11 is 0. The van der Waals surface area contributed by atoms with Crippen LogP contribution in [0.2, 0.25) is 0 Å². The summed E-state index contributed by atoms with van der Waals surface area (Å²) in [4.78, 5) is 50.8. The minimum Gasteiger partial charge on any atom is -0.457 e. The molecule has 3 fully saturated rings. The SMILES string of the molecule is CC(C)(C)C(=O)OCC(=O)C1(O)CCC2C3CCC4=CC(=O)C=CC4(C)C3C(=O)CC21C. The van der Waals surface area contributed by atoms with Crippen molar-refractivity contribution in [2.75, 3.05) is 6.61 Å². The summed E-state index contributed by atoms with van der Waals surface area (Å²) in [6.45, 7) is 8.54. The van der Waals surface area contributed by atoms with E-state index in [0.717, 1.165) is 18.4 Å². The number of hydrogen-bond acceptors (Lipinski definition) is 6. The van der Waals surface area contributed by atoms with Crippen LogP contribution in [0.4, 0.5) is 0 Å². The Bertz CT molecular complexity index is 952. The molecule has 4 rings (SSSR count). The Hall–Kier alpha value is -2.08. The predicted octanol–water partition coefficient (Wildman–Crippen LogP) is 3.36. The van der Waals surface area contributed by atoms with Gasteiger partial charge in [-0.25, -0.2) is 0 Å².